The average molecular weight is 169 g/mol. The molecule has 1 aromatic heterocycles. The Morgan fingerprint density at radius 3 is 2.50 bits per heavy atom. The summed E-state index contributed by atoms with van der Waals surface area (Å²) in [6.07, 6.45) is 1.44. The number of hydrogen-bond donors (Lipinski definition) is 2. The first kappa shape index (κ1) is 8.38. The number of nitrogens with zero attached hydrogens (tertiary/aromatic N) is 3. The summed E-state index contributed by atoms with van der Waals surface area (Å²) in [5.74, 6) is -0.361. The van der Waals surface area contributed by atoms with Crippen molar-refractivity contribution in [3.63, 3.8) is 0 Å². The summed E-state index contributed by atoms with van der Waals surface area (Å²) in [6, 6.07) is 0. The summed E-state index contributed by atoms with van der Waals surface area (Å²) < 4.78 is 1.53. The number of nitrogens with two attached hydrogens (primary N) is 2. The lowest BCUT2D eigenvalue weighted by atomic mass is 10.4. The molecule has 0 atom stereocenters. The predicted molar refractivity (Wildman–Crippen MR) is 45.2 cm³/mol. The van der Waals surface area contributed by atoms with E-state index < -0.39 is 5.91 Å². The first-order chi connectivity index (χ1) is 5.54. The predicted octanol–water partition coefficient (Wildman–Crippen LogP) is -1.24. The Balaban J connectivity index is 3.13. The molecular formula is C6H11N5O. The van der Waals surface area contributed by atoms with Crippen LogP contribution in [0.25, 0.3) is 0 Å². The molecule has 0 bridgehead atoms. The number of primary amides is 1. The molecule has 0 saturated heterocycles. The first-order valence-corrected chi connectivity index (χ1v) is 3.34. The summed E-state index contributed by atoms with van der Waals surface area (Å²) in [5.41, 5.74) is 10.7. The van der Waals surface area contributed by atoms with Crippen LogP contribution in [-0.2, 0) is 0 Å². The Kier molecular flexibility index (Phi) is 1.90. The van der Waals surface area contributed by atoms with Crippen molar-refractivity contribution in [3.05, 3.63) is 12.0 Å². The van der Waals surface area contributed by atoms with Crippen molar-refractivity contribution in [3.8, 4) is 0 Å². The van der Waals surface area contributed by atoms with Crippen LogP contribution in [0.1, 0.15) is 10.5 Å². The third-order valence-corrected chi connectivity index (χ3v) is 1.45. The highest BCUT2D eigenvalue weighted by Crippen LogP contribution is 2.07. The molecule has 1 rings (SSSR count). The van der Waals surface area contributed by atoms with Crippen LogP contribution in [0, 0.1) is 0 Å². The van der Waals surface area contributed by atoms with E-state index in [0.29, 0.717) is 0 Å². The van der Waals surface area contributed by atoms with Gasteiger partial charge in [0.1, 0.15) is 6.33 Å². The Morgan fingerprint density at radius 2 is 2.25 bits per heavy atom. The lowest BCUT2D eigenvalue weighted by Crippen LogP contribution is -2.26. The minimum Gasteiger partial charge on any atom is -0.382 e. The first-order valence-electron chi connectivity index (χ1n) is 3.34. The number of hydrogen-bond acceptors (Lipinski definition) is 4. The Hall–Kier alpha value is -1.72. The van der Waals surface area contributed by atoms with E-state index >= 15 is 0 Å². The zero-order chi connectivity index (χ0) is 9.30. The van der Waals surface area contributed by atoms with E-state index in [4.69, 9.17) is 11.5 Å². The second-order valence-corrected chi connectivity index (χ2v) is 2.53. The van der Waals surface area contributed by atoms with Crippen molar-refractivity contribution in [2.24, 2.45) is 5.73 Å². The molecule has 6 heteroatoms. The highest BCUT2D eigenvalue weighted by Gasteiger charge is 2.12. The molecule has 12 heavy (non-hydrogen) atoms. The quantitative estimate of drug-likeness (QED) is 0.579. The molecule has 1 heterocycles. The zero-order valence-corrected chi connectivity index (χ0v) is 6.98. The van der Waals surface area contributed by atoms with Crippen molar-refractivity contribution in [1.82, 2.24) is 9.66 Å². The Bertz CT molecular complexity index is 303. The van der Waals surface area contributed by atoms with Crippen LogP contribution in [0.4, 0.5) is 5.82 Å². The molecule has 0 aliphatic rings. The molecule has 0 fully saturated rings. The highest BCUT2D eigenvalue weighted by molar-refractivity contribution is 5.95. The second-order valence-electron chi connectivity index (χ2n) is 2.53. The van der Waals surface area contributed by atoms with Gasteiger partial charge in [-0.3, -0.25) is 4.79 Å². The van der Waals surface area contributed by atoms with E-state index in [2.05, 4.69) is 4.98 Å². The number of anilines is 1. The van der Waals surface area contributed by atoms with Gasteiger partial charge in [-0.05, 0) is 0 Å². The van der Waals surface area contributed by atoms with Gasteiger partial charge in [-0.1, -0.05) is 0 Å². The van der Waals surface area contributed by atoms with E-state index in [-0.39, 0.29) is 11.5 Å². The van der Waals surface area contributed by atoms with Crippen LogP contribution in [0.5, 0.6) is 0 Å². The Morgan fingerprint density at radius 1 is 1.67 bits per heavy atom. The van der Waals surface area contributed by atoms with E-state index in [9.17, 15) is 4.79 Å². The Labute approximate surface area is 69.7 Å². The highest BCUT2D eigenvalue weighted by atomic mass is 16.1. The van der Waals surface area contributed by atoms with Gasteiger partial charge in [-0.15, -0.1) is 0 Å². The minimum absolute atomic E-state index is 0.101. The molecule has 0 aromatic carbocycles. The van der Waals surface area contributed by atoms with Crippen LogP contribution in [-0.4, -0.2) is 29.7 Å². The van der Waals surface area contributed by atoms with Gasteiger partial charge in [0.05, 0.1) is 0 Å². The van der Waals surface area contributed by atoms with Crippen molar-refractivity contribution in [2.45, 2.75) is 0 Å². The summed E-state index contributed by atoms with van der Waals surface area (Å²) in [4.78, 5) is 14.5. The standard InChI is InChI=1S/C6H11N5O/c1-10(2)11-3-9-4(5(11)7)6(8)12/h3H,7H2,1-2H3,(H2,8,12). The van der Waals surface area contributed by atoms with Crippen LogP contribution in [0.3, 0.4) is 0 Å². The largest absolute Gasteiger partial charge is 0.382 e. The topological polar surface area (TPSA) is 90.2 Å². The SMILES string of the molecule is CN(C)n1cnc(C(N)=O)c1N. The normalized spacial score (nSPS) is 9.83. The molecule has 66 valence electrons. The summed E-state index contributed by atoms with van der Waals surface area (Å²) in [6.45, 7) is 0. The van der Waals surface area contributed by atoms with Crippen LogP contribution >= 0.6 is 0 Å². The van der Waals surface area contributed by atoms with Crippen LogP contribution in [0.15, 0.2) is 6.33 Å². The number of carbonyl (C=O) groups excluding carboxylic acids is 1. The fourth-order valence-corrected chi connectivity index (χ4v) is 0.858. The van der Waals surface area contributed by atoms with E-state index in [0.717, 1.165) is 0 Å². The molecule has 0 unspecified atom stereocenters. The van der Waals surface area contributed by atoms with Crippen LogP contribution < -0.4 is 16.5 Å². The van der Waals surface area contributed by atoms with E-state index in [1.807, 2.05) is 0 Å². The van der Waals surface area contributed by atoms with Gasteiger partial charge in [-0.2, -0.15) is 0 Å². The number of imidazole rings is 1. The lowest BCUT2D eigenvalue weighted by Gasteiger charge is -2.14. The maximum absolute atomic E-state index is 10.7. The molecular weight excluding hydrogens is 158 g/mol. The third kappa shape index (κ3) is 1.18. The number of carbonyl (C=O) groups is 1. The van der Waals surface area contributed by atoms with Gasteiger partial charge in [-0.25, -0.2) is 9.66 Å². The molecule has 0 aliphatic carbocycles. The van der Waals surface area contributed by atoms with Gasteiger partial charge in [0.2, 0.25) is 0 Å². The van der Waals surface area contributed by atoms with Gasteiger partial charge in [0.25, 0.3) is 5.91 Å². The van der Waals surface area contributed by atoms with Crippen molar-refractivity contribution in [2.75, 3.05) is 24.8 Å². The summed E-state index contributed by atoms with van der Waals surface area (Å²) >= 11 is 0. The van der Waals surface area contributed by atoms with E-state index in [1.54, 1.807) is 19.1 Å². The number of amides is 1. The maximum atomic E-state index is 10.7. The molecule has 0 spiro atoms. The monoisotopic (exact) mass is 169 g/mol. The molecule has 6 nitrogen and oxygen atoms in total. The van der Waals surface area contributed by atoms with Gasteiger partial charge in [0, 0.05) is 14.1 Å². The molecule has 0 radical (unpaired) electrons. The minimum atomic E-state index is -0.617. The van der Waals surface area contributed by atoms with Crippen LogP contribution in [0.2, 0.25) is 0 Å². The fraction of sp³-hybridized carbons (Fsp3) is 0.333. The zero-order valence-electron chi connectivity index (χ0n) is 6.98. The molecule has 1 aromatic rings. The van der Waals surface area contributed by atoms with Gasteiger partial charge in [0.15, 0.2) is 11.5 Å². The maximum Gasteiger partial charge on any atom is 0.271 e. The number of nitrogen functional groups attached to an aromatic ring is 1. The van der Waals surface area contributed by atoms with Crippen molar-refractivity contribution in [1.29, 1.82) is 0 Å². The average Bonchev–Trinajstić information content (AvgIpc) is 2.30. The fourth-order valence-electron chi connectivity index (χ4n) is 0.858. The summed E-state index contributed by atoms with van der Waals surface area (Å²) in [7, 11) is 3.56. The van der Waals surface area contributed by atoms with Gasteiger partial charge < -0.3 is 16.5 Å². The molecule has 0 saturated carbocycles. The van der Waals surface area contributed by atoms with E-state index in [1.165, 1.54) is 11.0 Å². The van der Waals surface area contributed by atoms with Crippen molar-refractivity contribution < 1.29 is 4.79 Å². The lowest BCUT2D eigenvalue weighted by molar-refractivity contribution is 0.0997. The van der Waals surface area contributed by atoms with Crippen molar-refractivity contribution >= 4 is 11.7 Å². The summed E-state index contributed by atoms with van der Waals surface area (Å²) in [5, 5.41) is 1.69. The smallest absolute Gasteiger partial charge is 0.271 e. The molecule has 1 amide bonds. The molecule has 4 N–H and O–H groups in total. The second kappa shape index (κ2) is 2.72. The number of aromatic nitrogens is 2. The third-order valence-electron chi connectivity index (χ3n) is 1.45. The number of rotatable bonds is 2. The molecule has 0 aliphatic heterocycles. The van der Waals surface area contributed by atoms with Gasteiger partial charge >= 0.3 is 0 Å².